The molecule has 0 aliphatic carbocycles. The number of pyridine rings is 1. The number of amides is 1. The van der Waals surface area contributed by atoms with Gasteiger partial charge in [-0.25, -0.2) is 9.97 Å². The first-order valence-corrected chi connectivity index (χ1v) is 14.6. The lowest BCUT2D eigenvalue weighted by atomic mass is 9.99. The van der Waals surface area contributed by atoms with Crippen LogP contribution in [0, 0.1) is 6.92 Å². The molecule has 0 saturated carbocycles. The molecule has 4 heterocycles. The molecule has 1 aliphatic heterocycles. The van der Waals surface area contributed by atoms with Crippen LogP contribution in [0.4, 0.5) is 11.5 Å². The third-order valence-electron chi connectivity index (χ3n) is 7.81. The Morgan fingerprint density at radius 2 is 1.70 bits per heavy atom. The third-order valence-corrected chi connectivity index (χ3v) is 8.81. The summed E-state index contributed by atoms with van der Waals surface area (Å²) in [5.41, 5.74) is 12.3. The summed E-state index contributed by atoms with van der Waals surface area (Å²) in [5.74, 6) is 0.166. The molecule has 40 heavy (non-hydrogen) atoms. The van der Waals surface area contributed by atoms with Gasteiger partial charge in [0, 0.05) is 61.5 Å². The number of hydrogen-bond acceptors (Lipinski definition) is 8. The first-order valence-electron chi connectivity index (χ1n) is 13.7. The number of nitrogens with zero attached hydrogens (tertiary/aromatic N) is 5. The number of rotatable bonds is 7. The van der Waals surface area contributed by atoms with Crippen molar-refractivity contribution in [1.29, 1.82) is 0 Å². The van der Waals surface area contributed by atoms with E-state index in [-0.39, 0.29) is 5.91 Å². The molecule has 2 aromatic carbocycles. The molecule has 1 fully saturated rings. The molecule has 0 radical (unpaired) electrons. The van der Waals surface area contributed by atoms with E-state index < -0.39 is 0 Å². The van der Waals surface area contributed by atoms with Crippen LogP contribution in [0.25, 0.3) is 21.0 Å². The molecule has 0 bridgehead atoms. The number of anilines is 2. The van der Waals surface area contributed by atoms with Crippen LogP contribution < -0.4 is 11.1 Å². The molecule has 3 N–H and O–H groups in total. The molecule has 1 amide bonds. The van der Waals surface area contributed by atoms with E-state index in [0.717, 1.165) is 71.7 Å². The number of carbonyl (C=O) groups is 1. The standard InChI is InChI=1S/C31H33N7OS/c1-3-37-12-14-38(15-13-37)17-22-7-5-21(6-8-22)16-26-23-9-4-20(2)27(24(23)10-11-33-26)36-31(39)25-18-40-29-28(25)34-19-35-30(29)32/h4-11,18-19H,3,12-17H2,1-2H3,(H,36,39)(H2,32,34,35). The fraction of sp³-hybridized carbons (Fsp3) is 0.290. The van der Waals surface area contributed by atoms with Crippen LogP contribution >= 0.6 is 11.3 Å². The van der Waals surface area contributed by atoms with Gasteiger partial charge in [0.05, 0.1) is 27.2 Å². The van der Waals surface area contributed by atoms with Crippen molar-refractivity contribution in [3.63, 3.8) is 0 Å². The summed E-state index contributed by atoms with van der Waals surface area (Å²) in [7, 11) is 0. The molecule has 0 spiro atoms. The van der Waals surface area contributed by atoms with Crippen molar-refractivity contribution < 1.29 is 4.79 Å². The van der Waals surface area contributed by atoms with Crippen LogP contribution in [0.2, 0.25) is 0 Å². The molecule has 9 heteroatoms. The monoisotopic (exact) mass is 551 g/mol. The van der Waals surface area contributed by atoms with Gasteiger partial charge in [0.15, 0.2) is 0 Å². The molecular formula is C31H33N7OS. The predicted molar refractivity (Wildman–Crippen MR) is 163 cm³/mol. The number of thiophene rings is 1. The van der Waals surface area contributed by atoms with E-state index in [9.17, 15) is 4.79 Å². The van der Waals surface area contributed by atoms with E-state index in [2.05, 4.69) is 62.3 Å². The van der Waals surface area contributed by atoms with Crippen LogP contribution in [0.15, 0.2) is 60.4 Å². The van der Waals surface area contributed by atoms with Gasteiger partial charge in [-0.2, -0.15) is 0 Å². The Morgan fingerprint density at radius 3 is 2.48 bits per heavy atom. The lowest BCUT2D eigenvalue weighted by Gasteiger charge is -2.34. The molecule has 5 aromatic rings. The average Bonchev–Trinajstić information content (AvgIpc) is 3.42. The van der Waals surface area contributed by atoms with Gasteiger partial charge in [-0.15, -0.1) is 11.3 Å². The van der Waals surface area contributed by atoms with Gasteiger partial charge in [0.1, 0.15) is 12.1 Å². The molecule has 1 aliphatic rings. The second-order valence-electron chi connectivity index (χ2n) is 10.4. The summed E-state index contributed by atoms with van der Waals surface area (Å²) in [6.07, 6.45) is 3.93. The smallest absolute Gasteiger partial charge is 0.258 e. The predicted octanol–water partition coefficient (Wildman–Crippen LogP) is 5.11. The maximum absolute atomic E-state index is 13.4. The number of hydrogen-bond donors (Lipinski definition) is 2. The Bertz CT molecular complexity index is 1670. The summed E-state index contributed by atoms with van der Waals surface area (Å²) in [4.78, 5) is 31.5. The van der Waals surface area contributed by atoms with E-state index >= 15 is 0 Å². The largest absolute Gasteiger partial charge is 0.382 e. The number of benzene rings is 2. The normalized spacial score (nSPS) is 14.7. The van der Waals surface area contributed by atoms with Gasteiger partial charge >= 0.3 is 0 Å². The summed E-state index contributed by atoms with van der Waals surface area (Å²) in [5, 5.41) is 6.93. The van der Waals surface area contributed by atoms with Gasteiger partial charge in [-0.05, 0) is 36.2 Å². The van der Waals surface area contributed by atoms with Crippen LogP contribution in [-0.2, 0) is 13.0 Å². The number of nitrogen functional groups attached to an aromatic ring is 1. The van der Waals surface area contributed by atoms with Crippen molar-refractivity contribution in [2.24, 2.45) is 0 Å². The summed E-state index contributed by atoms with van der Waals surface area (Å²) >= 11 is 1.38. The maximum Gasteiger partial charge on any atom is 0.258 e. The van der Waals surface area contributed by atoms with Gasteiger partial charge in [0.2, 0.25) is 0 Å². The molecule has 8 nitrogen and oxygen atoms in total. The van der Waals surface area contributed by atoms with Crippen molar-refractivity contribution in [1.82, 2.24) is 24.8 Å². The zero-order valence-corrected chi connectivity index (χ0v) is 23.7. The molecule has 3 aromatic heterocycles. The van der Waals surface area contributed by atoms with E-state index in [1.54, 1.807) is 5.38 Å². The number of piperazine rings is 1. The van der Waals surface area contributed by atoms with Gasteiger partial charge < -0.3 is 16.0 Å². The van der Waals surface area contributed by atoms with Gasteiger partial charge in [0.25, 0.3) is 5.91 Å². The highest BCUT2D eigenvalue weighted by atomic mass is 32.1. The molecular weight excluding hydrogens is 518 g/mol. The van der Waals surface area contributed by atoms with E-state index in [1.807, 2.05) is 25.3 Å². The minimum absolute atomic E-state index is 0.218. The van der Waals surface area contributed by atoms with Crippen molar-refractivity contribution in [3.8, 4) is 0 Å². The molecule has 204 valence electrons. The molecule has 0 atom stereocenters. The van der Waals surface area contributed by atoms with Crippen LogP contribution in [0.1, 0.15) is 39.7 Å². The lowest BCUT2D eigenvalue weighted by molar-refractivity contribution is 0.102. The highest BCUT2D eigenvalue weighted by molar-refractivity contribution is 7.18. The fourth-order valence-corrected chi connectivity index (χ4v) is 6.32. The van der Waals surface area contributed by atoms with E-state index in [0.29, 0.717) is 23.3 Å². The highest BCUT2D eigenvalue weighted by Crippen LogP contribution is 2.32. The Balaban J connectivity index is 1.21. The van der Waals surface area contributed by atoms with Crippen molar-refractivity contribution in [3.05, 3.63) is 88.3 Å². The maximum atomic E-state index is 13.4. The van der Waals surface area contributed by atoms with Crippen LogP contribution in [0.5, 0.6) is 0 Å². The van der Waals surface area contributed by atoms with Crippen LogP contribution in [-0.4, -0.2) is 63.4 Å². The average molecular weight is 552 g/mol. The number of carbonyl (C=O) groups excluding carboxylic acids is 1. The van der Waals surface area contributed by atoms with Crippen molar-refractivity contribution in [2.45, 2.75) is 26.8 Å². The molecule has 0 unspecified atom stereocenters. The number of nitrogens with one attached hydrogen (secondary N) is 1. The second kappa shape index (κ2) is 11.3. The Morgan fingerprint density at radius 1 is 0.950 bits per heavy atom. The number of likely N-dealkylation sites (N-methyl/N-ethyl adjacent to an activating group) is 1. The topological polar surface area (TPSA) is 100 Å². The summed E-state index contributed by atoms with van der Waals surface area (Å²) < 4.78 is 0.721. The van der Waals surface area contributed by atoms with E-state index in [4.69, 9.17) is 10.7 Å². The zero-order chi connectivity index (χ0) is 27.6. The number of nitrogens with two attached hydrogens (primary N) is 1. The first kappa shape index (κ1) is 26.3. The molecule has 1 saturated heterocycles. The Kier molecular flexibility index (Phi) is 7.42. The minimum atomic E-state index is -0.218. The van der Waals surface area contributed by atoms with Crippen molar-refractivity contribution >= 4 is 49.7 Å². The van der Waals surface area contributed by atoms with Crippen molar-refractivity contribution in [2.75, 3.05) is 43.8 Å². The van der Waals surface area contributed by atoms with Crippen LogP contribution in [0.3, 0.4) is 0 Å². The highest BCUT2D eigenvalue weighted by Gasteiger charge is 2.19. The SMILES string of the molecule is CCN1CCN(Cc2ccc(Cc3nccc4c(NC(=O)c5csc6c(N)ncnc56)c(C)ccc34)cc2)CC1. The summed E-state index contributed by atoms with van der Waals surface area (Å²) in [6.45, 7) is 10.9. The Labute approximate surface area is 237 Å². The quantitative estimate of drug-likeness (QED) is 0.290. The summed E-state index contributed by atoms with van der Waals surface area (Å²) in [6, 6.07) is 15.0. The molecule has 6 rings (SSSR count). The third kappa shape index (κ3) is 5.28. The Hall–Kier alpha value is -3.92. The van der Waals surface area contributed by atoms with Gasteiger partial charge in [-0.3, -0.25) is 14.7 Å². The lowest BCUT2D eigenvalue weighted by Crippen LogP contribution is -2.45. The number of fused-ring (bicyclic) bond motifs is 2. The minimum Gasteiger partial charge on any atom is -0.382 e. The fourth-order valence-electron chi connectivity index (χ4n) is 5.42. The second-order valence-corrected chi connectivity index (χ2v) is 11.2. The number of aromatic nitrogens is 3. The van der Waals surface area contributed by atoms with Gasteiger partial charge in [-0.1, -0.05) is 43.3 Å². The van der Waals surface area contributed by atoms with E-state index in [1.165, 1.54) is 28.8 Å². The zero-order valence-electron chi connectivity index (χ0n) is 22.9. The first-order chi connectivity index (χ1) is 19.5. The number of aryl methyl sites for hydroxylation is 1.